The Bertz CT molecular complexity index is 1390. The number of ketones is 1. The van der Waals surface area contributed by atoms with Gasteiger partial charge in [-0.1, -0.05) is 12.1 Å². The van der Waals surface area contributed by atoms with Gasteiger partial charge in [-0.15, -0.1) is 0 Å². The predicted octanol–water partition coefficient (Wildman–Crippen LogP) is 5.43. The minimum atomic E-state index is -0.854. The van der Waals surface area contributed by atoms with Crippen molar-refractivity contribution in [1.29, 1.82) is 0 Å². The Balaban J connectivity index is 1.67. The number of aliphatic hydroxyl groups is 1. The summed E-state index contributed by atoms with van der Waals surface area (Å²) in [5, 5.41) is 11.5. The molecule has 2 atom stereocenters. The van der Waals surface area contributed by atoms with Gasteiger partial charge in [0.15, 0.2) is 0 Å². The van der Waals surface area contributed by atoms with E-state index in [0.717, 1.165) is 11.3 Å². The molecule has 0 aromatic heterocycles. The zero-order valence-electron chi connectivity index (χ0n) is 21.2. The topological polar surface area (TPSA) is 85.3 Å². The van der Waals surface area contributed by atoms with Gasteiger partial charge in [-0.3, -0.25) is 14.5 Å². The number of carbonyl (C=O) groups excluding carboxylic acids is 2. The van der Waals surface area contributed by atoms with Crippen LogP contribution in [0.15, 0.2) is 72.3 Å². The van der Waals surface area contributed by atoms with Crippen molar-refractivity contribution < 1.29 is 28.9 Å². The van der Waals surface area contributed by atoms with E-state index in [2.05, 4.69) is 0 Å². The van der Waals surface area contributed by atoms with Gasteiger partial charge in [-0.2, -0.15) is 0 Å². The third-order valence-electron chi connectivity index (χ3n) is 6.51. The summed E-state index contributed by atoms with van der Waals surface area (Å²) >= 11 is 0. The Morgan fingerprint density at radius 1 is 1.03 bits per heavy atom. The maximum absolute atomic E-state index is 13.5. The maximum Gasteiger partial charge on any atom is 0.300 e. The highest BCUT2D eigenvalue weighted by Crippen LogP contribution is 2.43. The van der Waals surface area contributed by atoms with Crippen LogP contribution >= 0.6 is 0 Å². The summed E-state index contributed by atoms with van der Waals surface area (Å²) in [6.07, 6.45) is 0.685. The third-order valence-corrected chi connectivity index (χ3v) is 6.51. The Hall–Kier alpha value is -4.26. The molecule has 190 valence electrons. The zero-order valence-corrected chi connectivity index (χ0v) is 21.2. The van der Waals surface area contributed by atoms with Crippen molar-refractivity contribution in [3.8, 4) is 17.2 Å². The molecule has 0 radical (unpaired) electrons. The molecule has 1 fully saturated rings. The number of ether oxygens (including phenoxy) is 3. The van der Waals surface area contributed by atoms with Crippen LogP contribution in [-0.2, 0) is 16.0 Å². The SMILES string of the molecule is COc1ccc(N2C(=O)C(=O)/C(=C(\O)c3ccc4c(c3)CC(C)O4)C2c2cccc(OC(C)C)c2)cc1. The molecule has 1 saturated heterocycles. The van der Waals surface area contributed by atoms with Crippen LogP contribution in [0.1, 0.15) is 43.5 Å². The standard InChI is InChI=1S/C30H29NO6/c1-17(2)36-24-7-5-6-19(16-24)27-26(28(32)20-8-13-25-21(15-20)14-18(3)37-25)29(33)30(34)31(27)22-9-11-23(35-4)12-10-22/h5-13,15-18,27,32H,14H2,1-4H3/b28-26-. The average molecular weight is 500 g/mol. The number of Topliss-reactive ketones (excluding diaryl/α,β-unsaturated/α-hetero) is 1. The highest BCUT2D eigenvalue weighted by Gasteiger charge is 2.47. The molecular formula is C30H29NO6. The molecule has 0 saturated carbocycles. The van der Waals surface area contributed by atoms with Crippen molar-refractivity contribution >= 4 is 23.1 Å². The first-order valence-corrected chi connectivity index (χ1v) is 12.3. The molecule has 2 aliphatic rings. The molecule has 2 unspecified atom stereocenters. The summed E-state index contributed by atoms with van der Waals surface area (Å²) in [6.45, 7) is 5.83. The van der Waals surface area contributed by atoms with Crippen molar-refractivity contribution in [2.45, 2.75) is 45.4 Å². The minimum absolute atomic E-state index is 0.0226. The van der Waals surface area contributed by atoms with Gasteiger partial charge in [0.1, 0.15) is 29.1 Å². The van der Waals surface area contributed by atoms with E-state index in [0.29, 0.717) is 34.7 Å². The van der Waals surface area contributed by atoms with Crippen LogP contribution in [-0.4, -0.2) is 36.1 Å². The van der Waals surface area contributed by atoms with Crippen LogP contribution in [0.3, 0.4) is 0 Å². The summed E-state index contributed by atoms with van der Waals surface area (Å²) in [4.78, 5) is 28.3. The van der Waals surface area contributed by atoms with Crippen molar-refractivity contribution in [2.24, 2.45) is 0 Å². The van der Waals surface area contributed by atoms with Crippen LogP contribution in [0.4, 0.5) is 5.69 Å². The van der Waals surface area contributed by atoms with E-state index in [1.54, 1.807) is 49.6 Å². The van der Waals surface area contributed by atoms with Gasteiger partial charge in [0.25, 0.3) is 11.7 Å². The number of benzene rings is 3. The summed E-state index contributed by atoms with van der Waals surface area (Å²) in [7, 11) is 1.56. The third kappa shape index (κ3) is 4.53. The second-order valence-electron chi connectivity index (χ2n) is 9.56. The van der Waals surface area contributed by atoms with Crippen molar-refractivity contribution in [1.82, 2.24) is 0 Å². The normalized spacial score (nSPS) is 20.2. The Morgan fingerprint density at radius 2 is 1.78 bits per heavy atom. The van der Waals surface area contributed by atoms with Gasteiger partial charge in [0.05, 0.1) is 24.8 Å². The van der Waals surface area contributed by atoms with E-state index >= 15 is 0 Å². The molecule has 1 amide bonds. The van der Waals surface area contributed by atoms with Gasteiger partial charge >= 0.3 is 0 Å². The van der Waals surface area contributed by atoms with Gasteiger partial charge in [-0.05, 0) is 86.5 Å². The summed E-state index contributed by atoms with van der Waals surface area (Å²) in [6, 6.07) is 18.6. The second-order valence-corrected chi connectivity index (χ2v) is 9.56. The highest BCUT2D eigenvalue weighted by molar-refractivity contribution is 6.51. The number of aliphatic hydroxyl groups excluding tert-OH is 1. The highest BCUT2D eigenvalue weighted by atomic mass is 16.5. The molecule has 0 aliphatic carbocycles. The van der Waals surface area contributed by atoms with E-state index in [1.165, 1.54) is 4.90 Å². The number of nitrogens with zero attached hydrogens (tertiary/aromatic N) is 1. The van der Waals surface area contributed by atoms with Crippen molar-refractivity contribution in [3.63, 3.8) is 0 Å². The van der Waals surface area contributed by atoms with Gasteiger partial charge in [-0.25, -0.2) is 0 Å². The molecule has 3 aromatic rings. The van der Waals surface area contributed by atoms with Crippen LogP contribution in [0.5, 0.6) is 17.2 Å². The molecular weight excluding hydrogens is 470 g/mol. The Morgan fingerprint density at radius 3 is 2.49 bits per heavy atom. The number of carbonyl (C=O) groups is 2. The number of anilines is 1. The molecule has 0 spiro atoms. The number of rotatable bonds is 6. The average Bonchev–Trinajstić information content (AvgIpc) is 3.38. The minimum Gasteiger partial charge on any atom is -0.507 e. The summed E-state index contributed by atoms with van der Waals surface area (Å²) < 4.78 is 16.9. The fourth-order valence-electron chi connectivity index (χ4n) is 4.91. The first-order chi connectivity index (χ1) is 17.8. The monoisotopic (exact) mass is 499 g/mol. The van der Waals surface area contributed by atoms with Crippen molar-refractivity contribution in [3.05, 3.63) is 89.0 Å². The van der Waals surface area contributed by atoms with Crippen molar-refractivity contribution in [2.75, 3.05) is 12.0 Å². The number of fused-ring (bicyclic) bond motifs is 1. The quantitative estimate of drug-likeness (QED) is 0.277. The lowest BCUT2D eigenvalue weighted by molar-refractivity contribution is -0.132. The number of methoxy groups -OCH3 is 1. The molecule has 0 bridgehead atoms. The van der Waals surface area contributed by atoms with Gasteiger partial charge < -0.3 is 19.3 Å². The fourth-order valence-corrected chi connectivity index (χ4v) is 4.91. The first-order valence-electron chi connectivity index (χ1n) is 12.3. The number of amides is 1. The lowest BCUT2D eigenvalue weighted by Gasteiger charge is -2.26. The van der Waals surface area contributed by atoms with E-state index < -0.39 is 17.7 Å². The summed E-state index contributed by atoms with van der Waals surface area (Å²) in [5.41, 5.74) is 2.59. The smallest absolute Gasteiger partial charge is 0.300 e. The first kappa shape index (κ1) is 24.4. The molecule has 7 heteroatoms. The Labute approximate surface area is 215 Å². The largest absolute Gasteiger partial charge is 0.507 e. The van der Waals surface area contributed by atoms with E-state index in [1.807, 2.05) is 45.0 Å². The fraction of sp³-hybridized carbons (Fsp3) is 0.267. The Kier molecular flexibility index (Phi) is 6.38. The van der Waals surface area contributed by atoms with Gasteiger partial charge in [0, 0.05) is 17.7 Å². The van der Waals surface area contributed by atoms with Gasteiger partial charge in [0.2, 0.25) is 0 Å². The van der Waals surface area contributed by atoms with Crippen LogP contribution in [0, 0.1) is 0 Å². The van der Waals surface area contributed by atoms with E-state index in [-0.39, 0.29) is 23.5 Å². The zero-order chi connectivity index (χ0) is 26.3. The van der Waals surface area contributed by atoms with Crippen LogP contribution < -0.4 is 19.1 Å². The molecule has 2 heterocycles. The van der Waals surface area contributed by atoms with E-state index in [4.69, 9.17) is 14.2 Å². The molecule has 37 heavy (non-hydrogen) atoms. The predicted molar refractivity (Wildman–Crippen MR) is 140 cm³/mol. The van der Waals surface area contributed by atoms with E-state index in [9.17, 15) is 14.7 Å². The molecule has 1 N–H and O–H groups in total. The number of hydrogen-bond donors (Lipinski definition) is 1. The molecule has 2 aliphatic heterocycles. The molecule has 3 aromatic carbocycles. The lowest BCUT2D eigenvalue weighted by atomic mass is 9.94. The summed E-state index contributed by atoms with van der Waals surface area (Å²) in [5.74, 6) is 0.300. The number of hydrogen-bond acceptors (Lipinski definition) is 6. The van der Waals surface area contributed by atoms with Crippen LogP contribution in [0.2, 0.25) is 0 Å². The molecule has 7 nitrogen and oxygen atoms in total. The molecule has 5 rings (SSSR count). The second kappa shape index (κ2) is 9.65. The van der Waals surface area contributed by atoms with Crippen LogP contribution in [0.25, 0.3) is 5.76 Å². The lowest BCUT2D eigenvalue weighted by Crippen LogP contribution is -2.29. The maximum atomic E-state index is 13.5.